The molecule has 6 heteroatoms. The van der Waals surface area contributed by atoms with Crippen LogP contribution in [0.25, 0.3) is 0 Å². The molecule has 0 fully saturated rings. The molecule has 0 saturated carbocycles. The standard InChI is InChI=1S/C23H29BrN2O3/c1-17(2)25-23(28)18(3)26(16-19-9-7-10-20(24)15-19)22(27)13-8-14-29-21-11-5-4-6-12-21/h4-7,9-12,15,17-18H,8,13-14,16H2,1-3H3,(H,25,28)/t18-/m1/s1. The van der Waals surface area contributed by atoms with Gasteiger partial charge in [0.25, 0.3) is 0 Å². The zero-order chi connectivity index (χ0) is 21.2. The third kappa shape index (κ3) is 7.89. The molecule has 2 amide bonds. The van der Waals surface area contributed by atoms with Crippen LogP contribution in [0, 0.1) is 0 Å². The maximum Gasteiger partial charge on any atom is 0.242 e. The van der Waals surface area contributed by atoms with E-state index in [4.69, 9.17) is 4.74 Å². The molecule has 0 saturated heterocycles. The number of carbonyl (C=O) groups excluding carboxylic acids is 2. The lowest BCUT2D eigenvalue weighted by Crippen LogP contribution is -2.49. The first kappa shape index (κ1) is 22.9. The average molecular weight is 461 g/mol. The van der Waals surface area contributed by atoms with Crippen molar-refractivity contribution in [3.8, 4) is 5.75 Å². The first-order valence-corrected chi connectivity index (χ1v) is 10.7. The Kier molecular flexibility index (Phi) is 9.19. The minimum atomic E-state index is -0.557. The third-order valence-electron chi connectivity index (χ3n) is 4.39. The van der Waals surface area contributed by atoms with Crippen molar-refractivity contribution in [2.75, 3.05) is 6.61 Å². The number of halogens is 1. The maximum atomic E-state index is 13.0. The van der Waals surface area contributed by atoms with Crippen LogP contribution in [-0.2, 0) is 16.1 Å². The van der Waals surface area contributed by atoms with Crippen molar-refractivity contribution in [1.29, 1.82) is 0 Å². The van der Waals surface area contributed by atoms with Crippen LogP contribution in [0.2, 0.25) is 0 Å². The molecule has 1 N–H and O–H groups in total. The molecule has 0 aliphatic carbocycles. The van der Waals surface area contributed by atoms with E-state index >= 15 is 0 Å². The minimum Gasteiger partial charge on any atom is -0.494 e. The third-order valence-corrected chi connectivity index (χ3v) is 4.88. The van der Waals surface area contributed by atoms with Crippen LogP contribution in [0.5, 0.6) is 5.75 Å². The van der Waals surface area contributed by atoms with Gasteiger partial charge in [-0.15, -0.1) is 0 Å². The molecule has 2 aromatic rings. The van der Waals surface area contributed by atoms with Gasteiger partial charge >= 0.3 is 0 Å². The lowest BCUT2D eigenvalue weighted by molar-refractivity contribution is -0.141. The largest absolute Gasteiger partial charge is 0.494 e. The molecule has 0 aliphatic rings. The summed E-state index contributed by atoms with van der Waals surface area (Å²) >= 11 is 3.46. The number of hydrogen-bond donors (Lipinski definition) is 1. The number of benzene rings is 2. The maximum absolute atomic E-state index is 13.0. The Labute approximate surface area is 181 Å². The van der Waals surface area contributed by atoms with Crippen molar-refractivity contribution in [2.24, 2.45) is 0 Å². The average Bonchev–Trinajstić information content (AvgIpc) is 2.69. The minimum absolute atomic E-state index is 0.0204. The van der Waals surface area contributed by atoms with Gasteiger partial charge in [0, 0.05) is 23.5 Å². The monoisotopic (exact) mass is 460 g/mol. The predicted molar refractivity (Wildman–Crippen MR) is 119 cm³/mol. The van der Waals surface area contributed by atoms with Gasteiger partial charge < -0.3 is 15.0 Å². The predicted octanol–water partition coefficient (Wildman–Crippen LogP) is 4.55. The molecule has 5 nitrogen and oxygen atoms in total. The summed E-state index contributed by atoms with van der Waals surface area (Å²) in [6, 6.07) is 16.8. The van der Waals surface area contributed by atoms with Crippen LogP contribution in [0.15, 0.2) is 59.1 Å². The molecule has 1 atom stereocenters. The number of rotatable bonds is 10. The molecule has 2 rings (SSSR count). The molecule has 0 heterocycles. The van der Waals surface area contributed by atoms with Crippen LogP contribution >= 0.6 is 15.9 Å². The quantitative estimate of drug-likeness (QED) is 0.529. The highest BCUT2D eigenvalue weighted by atomic mass is 79.9. The summed E-state index contributed by atoms with van der Waals surface area (Å²) < 4.78 is 6.62. The molecule has 2 aromatic carbocycles. The van der Waals surface area contributed by atoms with E-state index in [1.165, 1.54) is 0 Å². The Hall–Kier alpha value is -2.34. The second-order valence-corrected chi connectivity index (χ2v) is 8.17. The number of hydrogen-bond acceptors (Lipinski definition) is 3. The molecular weight excluding hydrogens is 432 g/mol. The van der Waals surface area contributed by atoms with Crippen LogP contribution in [0.3, 0.4) is 0 Å². The Morgan fingerprint density at radius 2 is 1.79 bits per heavy atom. The van der Waals surface area contributed by atoms with Crippen LogP contribution in [-0.4, -0.2) is 35.4 Å². The molecule has 156 valence electrons. The lowest BCUT2D eigenvalue weighted by Gasteiger charge is -2.29. The summed E-state index contributed by atoms with van der Waals surface area (Å²) in [6.07, 6.45) is 0.904. The second kappa shape index (κ2) is 11.6. The SMILES string of the molecule is CC(C)NC(=O)[C@@H](C)N(Cc1cccc(Br)c1)C(=O)CCCOc1ccccc1. The van der Waals surface area contributed by atoms with E-state index in [2.05, 4.69) is 21.2 Å². The molecule has 0 radical (unpaired) electrons. The van der Waals surface area contributed by atoms with Gasteiger partial charge in [0.05, 0.1) is 6.61 Å². The van der Waals surface area contributed by atoms with Crippen molar-refractivity contribution in [3.05, 3.63) is 64.6 Å². The van der Waals surface area contributed by atoms with Gasteiger partial charge in [0.2, 0.25) is 11.8 Å². The molecule has 0 aliphatic heterocycles. The molecule has 0 aromatic heterocycles. The fourth-order valence-corrected chi connectivity index (χ4v) is 3.34. The zero-order valence-electron chi connectivity index (χ0n) is 17.2. The summed E-state index contributed by atoms with van der Waals surface area (Å²) in [5.74, 6) is 0.576. The van der Waals surface area contributed by atoms with Crippen LogP contribution in [0.1, 0.15) is 39.2 Å². The van der Waals surface area contributed by atoms with Crippen molar-refractivity contribution in [3.63, 3.8) is 0 Å². The van der Waals surface area contributed by atoms with Gasteiger partial charge in [-0.05, 0) is 57.0 Å². The van der Waals surface area contributed by atoms with Crippen molar-refractivity contribution >= 4 is 27.7 Å². The highest BCUT2D eigenvalue weighted by Crippen LogP contribution is 2.17. The fourth-order valence-electron chi connectivity index (χ4n) is 2.89. The van der Waals surface area contributed by atoms with E-state index < -0.39 is 6.04 Å². The van der Waals surface area contributed by atoms with Crippen molar-refractivity contribution in [1.82, 2.24) is 10.2 Å². The highest BCUT2D eigenvalue weighted by molar-refractivity contribution is 9.10. The Morgan fingerprint density at radius 1 is 1.07 bits per heavy atom. The number of carbonyl (C=O) groups is 2. The Balaban J connectivity index is 2.00. The number of para-hydroxylation sites is 1. The van der Waals surface area contributed by atoms with E-state index in [-0.39, 0.29) is 17.9 Å². The van der Waals surface area contributed by atoms with Gasteiger partial charge in [-0.1, -0.05) is 46.3 Å². The van der Waals surface area contributed by atoms with Gasteiger partial charge in [-0.2, -0.15) is 0 Å². The van der Waals surface area contributed by atoms with Gasteiger partial charge in [0.15, 0.2) is 0 Å². The van der Waals surface area contributed by atoms with Crippen molar-refractivity contribution < 1.29 is 14.3 Å². The number of nitrogens with one attached hydrogen (secondary N) is 1. The Morgan fingerprint density at radius 3 is 2.45 bits per heavy atom. The van der Waals surface area contributed by atoms with Gasteiger partial charge in [-0.25, -0.2) is 0 Å². The zero-order valence-corrected chi connectivity index (χ0v) is 18.8. The molecular formula is C23H29BrN2O3. The first-order chi connectivity index (χ1) is 13.9. The Bertz CT molecular complexity index is 796. The summed E-state index contributed by atoms with van der Waals surface area (Å²) in [5, 5.41) is 2.90. The lowest BCUT2D eigenvalue weighted by atomic mass is 10.1. The second-order valence-electron chi connectivity index (χ2n) is 7.26. The van der Waals surface area contributed by atoms with E-state index in [1.807, 2.05) is 68.4 Å². The normalized spacial score (nSPS) is 11.8. The fraction of sp³-hybridized carbons (Fsp3) is 0.391. The highest BCUT2D eigenvalue weighted by Gasteiger charge is 2.26. The smallest absolute Gasteiger partial charge is 0.242 e. The van der Waals surface area contributed by atoms with Crippen LogP contribution in [0.4, 0.5) is 0 Å². The van der Waals surface area contributed by atoms with Crippen molar-refractivity contribution in [2.45, 2.75) is 52.2 Å². The van der Waals surface area contributed by atoms with E-state index in [0.717, 1.165) is 15.8 Å². The van der Waals surface area contributed by atoms with Crippen LogP contribution < -0.4 is 10.1 Å². The summed E-state index contributed by atoms with van der Waals surface area (Å²) in [4.78, 5) is 27.1. The molecule has 0 spiro atoms. The summed E-state index contributed by atoms with van der Waals surface area (Å²) in [5.41, 5.74) is 0.970. The number of amides is 2. The van der Waals surface area contributed by atoms with E-state index in [9.17, 15) is 9.59 Å². The van der Waals surface area contributed by atoms with E-state index in [1.54, 1.807) is 11.8 Å². The summed E-state index contributed by atoms with van der Waals surface area (Å²) in [7, 11) is 0. The molecule has 0 bridgehead atoms. The number of ether oxygens (including phenoxy) is 1. The molecule has 29 heavy (non-hydrogen) atoms. The van der Waals surface area contributed by atoms with Gasteiger partial charge in [-0.3, -0.25) is 9.59 Å². The van der Waals surface area contributed by atoms with E-state index in [0.29, 0.717) is 26.0 Å². The topological polar surface area (TPSA) is 58.6 Å². The molecule has 0 unspecified atom stereocenters. The van der Waals surface area contributed by atoms with Gasteiger partial charge in [0.1, 0.15) is 11.8 Å². The first-order valence-electron chi connectivity index (χ1n) is 9.89. The number of nitrogens with zero attached hydrogens (tertiary/aromatic N) is 1. The summed E-state index contributed by atoms with van der Waals surface area (Å²) in [6.45, 7) is 6.42.